The van der Waals surface area contributed by atoms with Gasteiger partial charge in [0.2, 0.25) is 0 Å². The highest BCUT2D eigenvalue weighted by Gasteiger charge is 2.13. The summed E-state index contributed by atoms with van der Waals surface area (Å²) in [5.74, 6) is 1.30. The van der Waals surface area contributed by atoms with Crippen molar-refractivity contribution < 1.29 is 5.11 Å². The van der Waals surface area contributed by atoms with Gasteiger partial charge in [-0.05, 0) is 24.8 Å². The molecule has 0 saturated heterocycles. The lowest BCUT2D eigenvalue weighted by Crippen LogP contribution is -2.12. The summed E-state index contributed by atoms with van der Waals surface area (Å²) in [5.41, 5.74) is 0. The van der Waals surface area contributed by atoms with Crippen molar-refractivity contribution in [2.24, 2.45) is 0 Å². The van der Waals surface area contributed by atoms with Crippen molar-refractivity contribution in [1.29, 1.82) is 0 Å². The minimum Gasteiger partial charge on any atom is -0.396 e. The third kappa shape index (κ3) is 3.41. The topological polar surface area (TPSA) is 58.0 Å². The number of aliphatic hydroxyl groups is 1. The Morgan fingerprint density at radius 2 is 2.33 bits per heavy atom. The second-order valence-electron chi connectivity index (χ2n) is 3.85. The normalized spacial score (nSPS) is 12.4. The van der Waals surface area contributed by atoms with Crippen molar-refractivity contribution in [3.8, 4) is 0 Å². The number of aryl methyl sites for hydroxylation is 1. The Hall–Kier alpha value is -1.17. The van der Waals surface area contributed by atoms with Crippen molar-refractivity contribution in [3.05, 3.63) is 39.4 Å². The number of hydrogen-bond donors (Lipinski definition) is 2. The number of aromatic nitrogens is 2. The molecular formula is C12H14ClN3OS. The first-order valence-electron chi connectivity index (χ1n) is 5.61. The molecule has 2 heterocycles. The third-order valence-corrected chi connectivity index (χ3v) is 3.61. The predicted molar refractivity (Wildman–Crippen MR) is 74.2 cm³/mol. The summed E-state index contributed by atoms with van der Waals surface area (Å²) in [4.78, 5) is 9.46. The summed E-state index contributed by atoms with van der Waals surface area (Å²) in [7, 11) is 0. The molecule has 0 spiro atoms. The Bertz CT molecular complexity index is 484. The maximum Gasteiger partial charge on any atom is 0.134 e. The van der Waals surface area contributed by atoms with E-state index in [1.165, 1.54) is 0 Å². The molecule has 0 aliphatic heterocycles. The zero-order chi connectivity index (χ0) is 13.0. The van der Waals surface area contributed by atoms with Crippen LogP contribution in [-0.4, -0.2) is 21.7 Å². The number of nitrogens with zero attached hydrogens (tertiary/aromatic N) is 2. The largest absolute Gasteiger partial charge is 0.396 e. The van der Waals surface area contributed by atoms with Crippen molar-refractivity contribution in [2.45, 2.75) is 19.4 Å². The Morgan fingerprint density at radius 3 is 2.94 bits per heavy atom. The molecule has 0 aromatic carbocycles. The number of aliphatic hydroxyl groups excluding tert-OH is 1. The van der Waals surface area contributed by atoms with Gasteiger partial charge in [0.1, 0.15) is 16.8 Å². The van der Waals surface area contributed by atoms with Crippen LogP contribution in [0.15, 0.2) is 23.6 Å². The summed E-state index contributed by atoms with van der Waals surface area (Å²) in [6.45, 7) is 1.91. The van der Waals surface area contributed by atoms with Gasteiger partial charge in [-0.25, -0.2) is 9.97 Å². The summed E-state index contributed by atoms with van der Waals surface area (Å²) in [6.07, 6.45) is 0.626. The van der Waals surface area contributed by atoms with E-state index >= 15 is 0 Å². The van der Waals surface area contributed by atoms with Gasteiger partial charge in [-0.15, -0.1) is 11.3 Å². The van der Waals surface area contributed by atoms with Gasteiger partial charge in [0.05, 0.1) is 6.04 Å². The number of halogens is 1. The minimum absolute atomic E-state index is 0.0420. The Kier molecular flexibility index (Phi) is 4.52. The summed E-state index contributed by atoms with van der Waals surface area (Å²) in [6, 6.07) is 5.75. The van der Waals surface area contributed by atoms with Crippen molar-refractivity contribution >= 4 is 28.8 Å². The molecule has 4 nitrogen and oxygen atoms in total. The van der Waals surface area contributed by atoms with Gasteiger partial charge in [0.25, 0.3) is 0 Å². The zero-order valence-corrected chi connectivity index (χ0v) is 11.5. The van der Waals surface area contributed by atoms with Gasteiger partial charge < -0.3 is 10.4 Å². The van der Waals surface area contributed by atoms with E-state index in [0.29, 0.717) is 23.2 Å². The molecule has 2 rings (SSSR count). The van der Waals surface area contributed by atoms with Crippen LogP contribution in [0, 0.1) is 6.92 Å². The molecule has 0 aliphatic rings. The Morgan fingerprint density at radius 1 is 1.50 bits per heavy atom. The second-order valence-corrected chi connectivity index (χ2v) is 5.21. The molecule has 0 fully saturated rings. The van der Waals surface area contributed by atoms with E-state index in [1.807, 2.05) is 17.5 Å². The van der Waals surface area contributed by atoms with Crippen molar-refractivity contribution in [3.63, 3.8) is 0 Å². The molecule has 18 heavy (non-hydrogen) atoms. The summed E-state index contributed by atoms with van der Waals surface area (Å²) < 4.78 is 0. The maximum absolute atomic E-state index is 9.13. The number of thiophene rings is 1. The molecule has 1 unspecified atom stereocenters. The molecule has 96 valence electrons. The number of hydrogen-bond acceptors (Lipinski definition) is 5. The minimum atomic E-state index is 0.0420. The van der Waals surface area contributed by atoms with Crippen LogP contribution >= 0.6 is 22.9 Å². The predicted octanol–water partition coefficient (Wildman–Crippen LogP) is 3.04. The summed E-state index contributed by atoms with van der Waals surface area (Å²) >= 11 is 7.55. The molecule has 0 amide bonds. The fourth-order valence-electron chi connectivity index (χ4n) is 1.69. The molecule has 1 atom stereocenters. The van der Waals surface area contributed by atoms with E-state index in [2.05, 4.69) is 15.3 Å². The molecule has 2 N–H and O–H groups in total. The molecule has 0 radical (unpaired) electrons. The molecular weight excluding hydrogens is 270 g/mol. The van der Waals surface area contributed by atoms with Crippen LogP contribution in [-0.2, 0) is 0 Å². The molecule has 2 aromatic rings. The lowest BCUT2D eigenvalue weighted by molar-refractivity contribution is 0.280. The Labute approximate surface area is 115 Å². The van der Waals surface area contributed by atoms with Crippen LogP contribution in [0.1, 0.15) is 23.2 Å². The van der Waals surface area contributed by atoms with Crippen LogP contribution in [0.25, 0.3) is 0 Å². The lowest BCUT2D eigenvalue weighted by Gasteiger charge is -2.17. The standard InChI is InChI=1S/C12H14ClN3OS/c1-8-14-11(13)7-12(15-8)16-9(4-5-17)10-3-2-6-18-10/h2-3,6-7,9,17H,4-5H2,1H3,(H,14,15,16). The first-order chi connectivity index (χ1) is 8.69. The number of anilines is 1. The van der Waals surface area contributed by atoms with E-state index in [9.17, 15) is 0 Å². The monoisotopic (exact) mass is 283 g/mol. The van der Waals surface area contributed by atoms with Gasteiger partial charge in [-0.2, -0.15) is 0 Å². The highest BCUT2D eigenvalue weighted by Crippen LogP contribution is 2.26. The second kappa shape index (κ2) is 6.13. The average Bonchev–Trinajstić information content (AvgIpc) is 2.80. The first kappa shape index (κ1) is 13.3. The van der Waals surface area contributed by atoms with Gasteiger partial charge in [0.15, 0.2) is 0 Å². The van der Waals surface area contributed by atoms with Gasteiger partial charge in [0, 0.05) is 17.6 Å². The highest BCUT2D eigenvalue weighted by molar-refractivity contribution is 7.10. The fraction of sp³-hybridized carbons (Fsp3) is 0.333. The van der Waals surface area contributed by atoms with E-state index in [4.69, 9.17) is 16.7 Å². The first-order valence-corrected chi connectivity index (χ1v) is 6.87. The van der Waals surface area contributed by atoms with Gasteiger partial charge in [-0.3, -0.25) is 0 Å². The summed E-state index contributed by atoms with van der Waals surface area (Å²) in [5, 5.41) is 14.8. The maximum atomic E-state index is 9.13. The van der Waals surface area contributed by atoms with Crippen LogP contribution < -0.4 is 5.32 Å². The molecule has 6 heteroatoms. The zero-order valence-electron chi connectivity index (χ0n) is 9.93. The van der Waals surface area contributed by atoms with Crippen LogP contribution in [0.5, 0.6) is 0 Å². The fourth-order valence-corrected chi connectivity index (χ4v) is 2.73. The van der Waals surface area contributed by atoms with Crippen molar-refractivity contribution in [1.82, 2.24) is 9.97 Å². The van der Waals surface area contributed by atoms with Crippen molar-refractivity contribution in [2.75, 3.05) is 11.9 Å². The van der Waals surface area contributed by atoms with Crippen LogP contribution in [0.3, 0.4) is 0 Å². The van der Waals surface area contributed by atoms with E-state index < -0.39 is 0 Å². The number of nitrogens with one attached hydrogen (secondary N) is 1. The van der Waals surface area contributed by atoms with Gasteiger partial charge >= 0.3 is 0 Å². The SMILES string of the molecule is Cc1nc(Cl)cc(NC(CCO)c2cccs2)n1. The molecule has 0 bridgehead atoms. The Balaban J connectivity index is 2.18. The quantitative estimate of drug-likeness (QED) is 0.828. The third-order valence-electron chi connectivity index (χ3n) is 2.43. The molecule has 2 aromatic heterocycles. The van der Waals surface area contributed by atoms with E-state index in [1.54, 1.807) is 24.3 Å². The lowest BCUT2D eigenvalue weighted by atomic mass is 10.2. The van der Waals surface area contributed by atoms with Crippen LogP contribution in [0.2, 0.25) is 5.15 Å². The highest BCUT2D eigenvalue weighted by atomic mass is 35.5. The smallest absolute Gasteiger partial charge is 0.134 e. The van der Waals surface area contributed by atoms with Gasteiger partial charge in [-0.1, -0.05) is 17.7 Å². The number of rotatable bonds is 5. The van der Waals surface area contributed by atoms with E-state index in [0.717, 1.165) is 4.88 Å². The molecule has 0 saturated carbocycles. The average molecular weight is 284 g/mol. The van der Waals surface area contributed by atoms with Crippen LogP contribution in [0.4, 0.5) is 5.82 Å². The van der Waals surface area contributed by atoms with E-state index in [-0.39, 0.29) is 12.6 Å². The molecule has 0 aliphatic carbocycles.